The summed E-state index contributed by atoms with van der Waals surface area (Å²) in [6.07, 6.45) is 1.52. The molecular weight excluding hydrogens is 554 g/mol. The Kier molecular flexibility index (Phi) is 8.64. The Balaban J connectivity index is 1.53. The van der Waals surface area contributed by atoms with Gasteiger partial charge in [0.25, 0.3) is 17.5 Å². The number of carbonyl (C=O) groups excluding carboxylic acids is 3. The number of aromatic amines is 1. The van der Waals surface area contributed by atoms with Gasteiger partial charge in [-0.1, -0.05) is 31.7 Å². The minimum Gasteiger partial charge on any atom is -0.477 e. The lowest BCUT2D eigenvalue weighted by molar-refractivity contribution is -0.192. The Hall–Kier alpha value is -3.08. The molecule has 5 N–H and O–H groups in total. The van der Waals surface area contributed by atoms with Crippen LogP contribution in [0.15, 0.2) is 40.0 Å². The normalized spacial score (nSPS) is 21.5. The number of aromatic nitrogens is 3. The number of nitrogens with zero attached hydrogens (tertiary/aromatic N) is 3. The Morgan fingerprint density at radius 1 is 1.39 bits per heavy atom. The van der Waals surface area contributed by atoms with Crippen LogP contribution in [-0.4, -0.2) is 85.5 Å². The molecule has 2 unspecified atom stereocenters. The molecule has 2 aromatic heterocycles. The van der Waals surface area contributed by atoms with Crippen LogP contribution in [-0.2, 0) is 19.1 Å². The molecule has 4 rings (SSSR count). The van der Waals surface area contributed by atoms with E-state index in [-0.39, 0.29) is 11.6 Å². The minimum absolute atomic E-state index is 0.141. The zero-order valence-electron chi connectivity index (χ0n) is 20.7. The van der Waals surface area contributed by atoms with Gasteiger partial charge in [0.15, 0.2) is 0 Å². The monoisotopic (exact) mass is 581 g/mol. The van der Waals surface area contributed by atoms with Crippen molar-refractivity contribution < 1.29 is 29.0 Å². The molecule has 0 aromatic carbocycles. The summed E-state index contributed by atoms with van der Waals surface area (Å²) in [5.41, 5.74) is -1.40. The molecule has 0 spiro atoms. The quantitative estimate of drug-likeness (QED) is 0.148. The molecule has 4 heterocycles. The van der Waals surface area contributed by atoms with Crippen LogP contribution in [0, 0.1) is 5.92 Å². The van der Waals surface area contributed by atoms with E-state index >= 15 is 0 Å². The molecule has 204 valence electrons. The topological polar surface area (TPSA) is 179 Å². The average molecular weight is 582 g/mol. The number of carboxylic acids is 1. The van der Waals surface area contributed by atoms with Gasteiger partial charge in [-0.25, -0.2) is 9.59 Å². The molecular formula is C22H27N7O6S3. The summed E-state index contributed by atoms with van der Waals surface area (Å²) in [6.45, 7) is 4.31. The highest BCUT2D eigenvalue weighted by Crippen LogP contribution is 2.47. The molecule has 4 amide bonds. The molecule has 1 fully saturated rings. The van der Waals surface area contributed by atoms with Crippen molar-refractivity contribution in [3.8, 4) is 0 Å². The van der Waals surface area contributed by atoms with Gasteiger partial charge in [0, 0.05) is 30.0 Å². The SMILES string of the molecule is CO[C@@]1(NC(=O)C(NC(=O)NCC(C)C)c2cccs2)C(=O)N2C(C(=O)O)=C(CSc3cn[nH]n3)CSC21. The van der Waals surface area contributed by atoms with Gasteiger partial charge in [-0.3, -0.25) is 14.5 Å². The number of carbonyl (C=O) groups is 4. The van der Waals surface area contributed by atoms with E-state index in [1.54, 1.807) is 17.5 Å². The smallest absolute Gasteiger partial charge is 0.352 e. The lowest BCUT2D eigenvalue weighted by atomic mass is 9.97. The molecule has 2 aliphatic heterocycles. The van der Waals surface area contributed by atoms with E-state index in [1.807, 2.05) is 13.8 Å². The fraction of sp³-hybridized carbons (Fsp3) is 0.455. The highest BCUT2D eigenvalue weighted by molar-refractivity contribution is 8.01. The number of fused-ring (bicyclic) bond motifs is 1. The summed E-state index contributed by atoms with van der Waals surface area (Å²) < 4.78 is 5.55. The van der Waals surface area contributed by atoms with E-state index < -0.39 is 41.0 Å². The van der Waals surface area contributed by atoms with Crippen LogP contribution in [0.4, 0.5) is 4.79 Å². The van der Waals surface area contributed by atoms with Gasteiger partial charge in [0.05, 0.1) is 6.20 Å². The number of β-lactam (4-membered cyclic amide) rings is 1. The number of H-pyrrole nitrogens is 1. The van der Waals surface area contributed by atoms with Crippen molar-refractivity contribution in [1.82, 2.24) is 36.3 Å². The minimum atomic E-state index is -1.79. The summed E-state index contributed by atoms with van der Waals surface area (Å²) in [7, 11) is 1.28. The van der Waals surface area contributed by atoms with Gasteiger partial charge in [-0.15, -0.1) is 28.2 Å². The summed E-state index contributed by atoms with van der Waals surface area (Å²) in [4.78, 5) is 53.3. The molecule has 13 nitrogen and oxygen atoms in total. The number of methoxy groups -OCH3 is 1. The third-order valence-electron chi connectivity index (χ3n) is 5.77. The number of ether oxygens (including phenoxy) is 1. The van der Waals surface area contributed by atoms with Gasteiger partial charge < -0.3 is 25.8 Å². The number of rotatable bonds is 11. The second-order valence-corrected chi connectivity index (χ2v) is 11.9. The number of hydrogen-bond acceptors (Lipinski definition) is 10. The number of thioether (sulfide) groups is 2. The average Bonchev–Trinajstić information content (AvgIpc) is 3.61. The number of amides is 4. The molecule has 0 radical (unpaired) electrons. The van der Waals surface area contributed by atoms with Gasteiger partial charge in [-0.05, 0) is 22.9 Å². The molecule has 0 aliphatic carbocycles. The van der Waals surface area contributed by atoms with Crippen molar-refractivity contribution in [3.63, 3.8) is 0 Å². The third-order valence-corrected chi connectivity index (χ3v) is 9.06. The van der Waals surface area contributed by atoms with E-state index in [4.69, 9.17) is 4.74 Å². The van der Waals surface area contributed by atoms with Crippen LogP contribution in [0.2, 0.25) is 0 Å². The molecule has 16 heteroatoms. The highest BCUT2D eigenvalue weighted by atomic mass is 32.2. The van der Waals surface area contributed by atoms with E-state index in [9.17, 15) is 24.3 Å². The van der Waals surface area contributed by atoms with E-state index in [1.165, 1.54) is 48.2 Å². The van der Waals surface area contributed by atoms with Crippen molar-refractivity contribution >= 4 is 58.7 Å². The zero-order chi connectivity index (χ0) is 27.4. The lowest BCUT2D eigenvalue weighted by Gasteiger charge is -2.56. The predicted octanol–water partition coefficient (Wildman–Crippen LogP) is 1.37. The van der Waals surface area contributed by atoms with Crippen molar-refractivity contribution in [2.75, 3.05) is 25.2 Å². The lowest BCUT2D eigenvalue weighted by Crippen LogP contribution is -2.81. The predicted molar refractivity (Wildman–Crippen MR) is 141 cm³/mol. The summed E-state index contributed by atoms with van der Waals surface area (Å²) in [5.74, 6) is -1.82. The summed E-state index contributed by atoms with van der Waals surface area (Å²) in [5, 5.41) is 29.7. The van der Waals surface area contributed by atoms with Crippen molar-refractivity contribution in [3.05, 3.63) is 39.9 Å². The van der Waals surface area contributed by atoms with Crippen molar-refractivity contribution in [2.24, 2.45) is 5.92 Å². The first-order valence-electron chi connectivity index (χ1n) is 11.5. The summed E-state index contributed by atoms with van der Waals surface area (Å²) in [6, 6.07) is 1.83. The molecule has 2 aromatic rings. The maximum atomic E-state index is 13.5. The molecule has 2 aliphatic rings. The summed E-state index contributed by atoms with van der Waals surface area (Å²) >= 11 is 3.84. The number of nitrogens with one attached hydrogen (secondary N) is 4. The number of thiophene rings is 1. The van der Waals surface area contributed by atoms with E-state index in [2.05, 4.69) is 31.4 Å². The van der Waals surface area contributed by atoms with Crippen molar-refractivity contribution in [2.45, 2.75) is 36.0 Å². The highest BCUT2D eigenvalue weighted by Gasteiger charge is 2.67. The zero-order valence-corrected chi connectivity index (χ0v) is 23.2. The Morgan fingerprint density at radius 3 is 2.79 bits per heavy atom. The van der Waals surface area contributed by atoms with Gasteiger partial charge in [0.1, 0.15) is 22.1 Å². The number of carboxylic acid groups (broad SMARTS) is 1. The second-order valence-electron chi connectivity index (χ2n) is 8.82. The van der Waals surface area contributed by atoms with E-state index in [0.717, 1.165) is 4.90 Å². The van der Waals surface area contributed by atoms with Crippen LogP contribution < -0.4 is 16.0 Å². The van der Waals surface area contributed by atoms with Crippen molar-refractivity contribution in [1.29, 1.82) is 0 Å². The van der Waals surface area contributed by atoms with E-state index in [0.29, 0.717) is 33.5 Å². The van der Waals surface area contributed by atoms with Gasteiger partial charge >= 0.3 is 12.0 Å². The van der Waals surface area contributed by atoms with Crippen LogP contribution in [0.1, 0.15) is 24.8 Å². The van der Waals surface area contributed by atoms with Crippen LogP contribution in [0.5, 0.6) is 0 Å². The maximum absolute atomic E-state index is 13.5. The Bertz CT molecular complexity index is 1220. The Labute approximate surface area is 230 Å². The maximum Gasteiger partial charge on any atom is 0.352 e. The first-order chi connectivity index (χ1) is 18.2. The second kappa shape index (κ2) is 11.8. The third kappa shape index (κ3) is 5.52. The first kappa shape index (κ1) is 27.9. The van der Waals surface area contributed by atoms with Crippen LogP contribution in [0.3, 0.4) is 0 Å². The van der Waals surface area contributed by atoms with Crippen LogP contribution in [0.25, 0.3) is 0 Å². The van der Waals surface area contributed by atoms with Gasteiger partial charge in [0.2, 0.25) is 0 Å². The fourth-order valence-corrected chi connectivity index (χ4v) is 7.07. The standard InChI is InChI=1S/C22H27N7O6S3/c1-11(2)7-23-21(34)25-15(13-5-4-6-36-13)17(30)26-22(35-3)19(33)29-16(18(31)32)12(10-38-20(22)29)9-37-14-8-24-28-27-14/h4-6,8,11,15,20H,7,9-10H2,1-3H3,(H,26,30)(H,31,32)(H2,23,25,34)(H,24,27,28)/t15?,20?,22-/m0/s1. The first-order valence-corrected chi connectivity index (χ1v) is 14.4. The van der Waals surface area contributed by atoms with Crippen LogP contribution >= 0.6 is 34.9 Å². The molecule has 3 atom stereocenters. The van der Waals surface area contributed by atoms with Gasteiger partial charge in [-0.2, -0.15) is 10.3 Å². The fourth-order valence-electron chi connectivity index (χ4n) is 3.93. The number of urea groups is 1. The molecule has 1 saturated heterocycles. The number of hydrogen-bond donors (Lipinski definition) is 5. The number of aliphatic carboxylic acids is 1. The molecule has 0 saturated carbocycles. The largest absolute Gasteiger partial charge is 0.477 e. The molecule has 38 heavy (non-hydrogen) atoms. The molecule has 0 bridgehead atoms. The Morgan fingerprint density at radius 2 is 2.18 bits per heavy atom.